The molecule has 0 aromatic rings. The van der Waals surface area contributed by atoms with Gasteiger partial charge in [-0.3, -0.25) is 0 Å². The van der Waals surface area contributed by atoms with Gasteiger partial charge in [0.1, 0.15) is 0 Å². The van der Waals surface area contributed by atoms with Crippen LogP contribution in [0.4, 0.5) is 0 Å². The van der Waals surface area contributed by atoms with E-state index >= 15 is 0 Å². The Morgan fingerprint density at radius 1 is 0.390 bits per heavy atom. The Kier molecular flexibility index (Phi) is 34.0. The van der Waals surface area contributed by atoms with Crippen LogP contribution in [0.15, 0.2) is 48.6 Å². The fraction of sp³-hybridized carbons (Fsp3) is 0.789. The molecule has 0 saturated carbocycles. The lowest BCUT2D eigenvalue weighted by atomic mass is 10.1. The maximum Gasteiger partial charge on any atom is 0.160 e. The van der Waals surface area contributed by atoms with Crippen molar-refractivity contribution in [3.8, 4) is 0 Å². The van der Waals surface area contributed by atoms with Crippen LogP contribution in [0.2, 0.25) is 0 Å². The summed E-state index contributed by atoms with van der Waals surface area (Å²) in [6, 6.07) is 0. The van der Waals surface area contributed by atoms with Crippen molar-refractivity contribution in [1.29, 1.82) is 0 Å². The van der Waals surface area contributed by atoms with Gasteiger partial charge in [0.25, 0.3) is 0 Å². The van der Waals surface area contributed by atoms with Gasteiger partial charge in [-0.2, -0.15) is 0 Å². The van der Waals surface area contributed by atoms with Crippen LogP contribution in [-0.4, -0.2) is 25.8 Å². The second kappa shape index (κ2) is 35.0. The number of unbranched alkanes of at least 4 members (excludes halogenated alkanes) is 14. The van der Waals surface area contributed by atoms with Crippen molar-refractivity contribution in [3.63, 3.8) is 0 Å². The molecular weight excluding hydrogens is 504 g/mol. The molecule has 0 bridgehead atoms. The van der Waals surface area contributed by atoms with E-state index < -0.39 is 0 Å². The van der Waals surface area contributed by atoms with Gasteiger partial charge in [-0.15, -0.1) is 0 Å². The Morgan fingerprint density at radius 2 is 0.756 bits per heavy atom. The molecule has 41 heavy (non-hydrogen) atoms. The highest BCUT2D eigenvalue weighted by atomic mass is 16.8. The summed E-state index contributed by atoms with van der Waals surface area (Å²) in [5, 5.41) is 0. The normalized spacial score (nSPS) is 14.0. The minimum Gasteiger partial charge on any atom is -0.353 e. The van der Waals surface area contributed by atoms with Crippen LogP contribution >= 0.6 is 0 Å². The molecule has 0 amide bonds. The molecule has 3 heteroatoms. The van der Waals surface area contributed by atoms with Crippen molar-refractivity contribution in [2.75, 3.05) is 13.2 Å². The lowest BCUT2D eigenvalue weighted by Crippen LogP contribution is -2.28. The summed E-state index contributed by atoms with van der Waals surface area (Å²) in [5.74, 6) is 0. The number of hydrogen-bond acceptors (Lipinski definition) is 3. The van der Waals surface area contributed by atoms with E-state index in [0.717, 1.165) is 64.6 Å². The Labute approximate surface area is 257 Å². The molecule has 240 valence electrons. The van der Waals surface area contributed by atoms with E-state index in [1.165, 1.54) is 89.9 Å². The van der Waals surface area contributed by atoms with Crippen molar-refractivity contribution in [1.82, 2.24) is 0 Å². The molecule has 0 heterocycles. The first-order valence-corrected chi connectivity index (χ1v) is 17.8. The summed E-state index contributed by atoms with van der Waals surface area (Å²) < 4.78 is 19.1. The van der Waals surface area contributed by atoms with Gasteiger partial charge in [-0.1, -0.05) is 141 Å². The molecule has 0 spiro atoms. The molecule has 0 aliphatic rings. The maximum absolute atomic E-state index is 6.53. The van der Waals surface area contributed by atoms with Gasteiger partial charge in [0.05, 0.1) is 0 Å². The average Bonchev–Trinajstić information content (AvgIpc) is 2.98. The van der Waals surface area contributed by atoms with Crippen molar-refractivity contribution in [3.05, 3.63) is 48.6 Å². The van der Waals surface area contributed by atoms with Gasteiger partial charge in [-0.25, -0.2) is 0 Å². The van der Waals surface area contributed by atoms with Gasteiger partial charge in [0, 0.05) is 13.2 Å². The van der Waals surface area contributed by atoms with Crippen LogP contribution in [0.3, 0.4) is 0 Å². The fourth-order valence-electron chi connectivity index (χ4n) is 4.53. The predicted octanol–water partition coefficient (Wildman–Crippen LogP) is 12.6. The molecule has 2 unspecified atom stereocenters. The second-order valence-electron chi connectivity index (χ2n) is 11.4. The summed E-state index contributed by atoms with van der Waals surface area (Å²) in [5.41, 5.74) is 0. The Bertz CT molecular complexity index is 555. The Balaban J connectivity index is 4.72. The van der Waals surface area contributed by atoms with Gasteiger partial charge in [0.15, 0.2) is 12.6 Å². The first kappa shape index (κ1) is 39.8. The Hall–Kier alpha value is -1.16. The van der Waals surface area contributed by atoms with E-state index in [1.807, 2.05) is 0 Å². The molecule has 0 radical (unpaired) electrons. The molecular formula is C38H70O3. The van der Waals surface area contributed by atoms with E-state index in [-0.39, 0.29) is 12.6 Å². The summed E-state index contributed by atoms with van der Waals surface area (Å²) in [4.78, 5) is 0. The lowest BCUT2D eigenvalue weighted by Gasteiger charge is -2.25. The highest BCUT2D eigenvalue weighted by Crippen LogP contribution is 2.18. The third-order valence-electron chi connectivity index (χ3n) is 7.24. The van der Waals surface area contributed by atoms with Crippen LogP contribution in [0, 0.1) is 0 Å². The SMILES string of the molecule is CCCC/C=C\C=C\CCCCC(OCCCCCC)OC(CCCC/C=C/C=C\CCCC)OCCCCCC. The van der Waals surface area contributed by atoms with Gasteiger partial charge in [0.2, 0.25) is 0 Å². The molecule has 0 aliphatic carbocycles. The highest BCUT2D eigenvalue weighted by Gasteiger charge is 2.17. The van der Waals surface area contributed by atoms with E-state index in [1.54, 1.807) is 0 Å². The summed E-state index contributed by atoms with van der Waals surface area (Å²) in [6.07, 6.45) is 43.5. The number of hydrogen-bond donors (Lipinski definition) is 0. The zero-order chi connectivity index (χ0) is 29.9. The highest BCUT2D eigenvalue weighted by molar-refractivity contribution is 5.02. The van der Waals surface area contributed by atoms with Crippen molar-refractivity contribution < 1.29 is 14.2 Å². The number of ether oxygens (including phenoxy) is 3. The molecule has 0 rings (SSSR count). The average molecular weight is 575 g/mol. The van der Waals surface area contributed by atoms with Gasteiger partial charge >= 0.3 is 0 Å². The topological polar surface area (TPSA) is 27.7 Å². The van der Waals surface area contributed by atoms with Crippen LogP contribution < -0.4 is 0 Å². The molecule has 0 aliphatic heterocycles. The third-order valence-corrected chi connectivity index (χ3v) is 7.24. The molecule has 0 aromatic carbocycles. The molecule has 0 saturated heterocycles. The zero-order valence-corrected chi connectivity index (χ0v) is 28.0. The first-order valence-electron chi connectivity index (χ1n) is 17.8. The minimum atomic E-state index is -0.164. The maximum atomic E-state index is 6.53. The van der Waals surface area contributed by atoms with E-state index in [4.69, 9.17) is 14.2 Å². The Morgan fingerprint density at radius 3 is 1.12 bits per heavy atom. The van der Waals surface area contributed by atoms with E-state index in [2.05, 4.69) is 76.3 Å². The monoisotopic (exact) mass is 575 g/mol. The largest absolute Gasteiger partial charge is 0.353 e. The molecule has 0 N–H and O–H groups in total. The van der Waals surface area contributed by atoms with Crippen molar-refractivity contribution >= 4 is 0 Å². The smallest absolute Gasteiger partial charge is 0.160 e. The number of allylic oxidation sites excluding steroid dienone is 8. The van der Waals surface area contributed by atoms with Crippen LogP contribution in [0.1, 0.15) is 169 Å². The lowest BCUT2D eigenvalue weighted by molar-refractivity contribution is -0.250. The van der Waals surface area contributed by atoms with Crippen molar-refractivity contribution in [2.24, 2.45) is 0 Å². The first-order chi connectivity index (χ1) is 20.3. The third kappa shape index (κ3) is 31.6. The second-order valence-corrected chi connectivity index (χ2v) is 11.4. The minimum absolute atomic E-state index is 0.164. The van der Waals surface area contributed by atoms with Crippen molar-refractivity contribution in [2.45, 2.75) is 182 Å². The van der Waals surface area contributed by atoms with Crippen LogP contribution in [0.5, 0.6) is 0 Å². The quantitative estimate of drug-likeness (QED) is 0.0454. The zero-order valence-electron chi connectivity index (χ0n) is 28.0. The van der Waals surface area contributed by atoms with Gasteiger partial charge in [-0.05, 0) is 77.0 Å². The summed E-state index contributed by atoms with van der Waals surface area (Å²) in [6.45, 7) is 10.6. The molecule has 2 atom stereocenters. The van der Waals surface area contributed by atoms with E-state index in [0.29, 0.717) is 0 Å². The standard InChI is InChI=1S/C38H70O3/c1-5-9-13-17-19-21-23-25-27-29-33-37(39-35-31-15-11-7-3)41-38(40-36-32-16-12-8-4)34-30-28-26-24-22-20-18-14-10-6-2/h17-24,37-38H,5-16,25-36H2,1-4H3/b19-17-,20-18-,23-21+,24-22+. The fourth-order valence-corrected chi connectivity index (χ4v) is 4.53. The van der Waals surface area contributed by atoms with Crippen LogP contribution in [0.25, 0.3) is 0 Å². The summed E-state index contributed by atoms with van der Waals surface area (Å²) >= 11 is 0. The predicted molar refractivity (Wildman–Crippen MR) is 181 cm³/mol. The molecule has 0 aromatic heterocycles. The number of rotatable bonds is 32. The summed E-state index contributed by atoms with van der Waals surface area (Å²) in [7, 11) is 0. The van der Waals surface area contributed by atoms with E-state index in [9.17, 15) is 0 Å². The molecule has 3 nitrogen and oxygen atoms in total. The van der Waals surface area contributed by atoms with Gasteiger partial charge < -0.3 is 14.2 Å². The van der Waals surface area contributed by atoms with Crippen LogP contribution in [-0.2, 0) is 14.2 Å². The molecule has 0 fully saturated rings.